The van der Waals surface area contributed by atoms with E-state index in [1.54, 1.807) is 12.1 Å². The molecule has 106 valence electrons. The number of rotatable bonds is 5. The molecule has 1 aromatic rings. The second kappa shape index (κ2) is 6.54. The topological polar surface area (TPSA) is 71.1 Å². The Morgan fingerprint density at radius 2 is 2.32 bits per heavy atom. The van der Waals surface area contributed by atoms with E-state index in [1.807, 2.05) is 0 Å². The third-order valence-electron chi connectivity index (χ3n) is 3.16. The maximum atomic E-state index is 12.0. The molecule has 1 fully saturated rings. The van der Waals surface area contributed by atoms with E-state index in [4.69, 9.17) is 11.6 Å². The van der Waals surface area contributed by atoms with Crippen molar-refractivity contribution in [2.24, 2.45) is 0 Å². The maximum absolute atomic E-state index is 12.0. The Morgan fingerprint density at radius 1 is 1.47 bits per heavy atom. The van der Waals surface area contributed by atoms with E-state index in [9.17, 15) is 8.42 Å². The molecule has 1 unspecified atom stereocenters. The number of piperidine rings is 1. The first kappa shape index (κ1) is 14.6. The lowest BCUT2D eigenvalue weighted by Crippen LogP contribution is -2.36. The lowest BCUT2D eigenvalue weighted by molar-refractivity contribution is 0.393. The van der Waals surface area contributed by atoms with Gasteiger partial charge in [-0.3, -0.25) is 4.72 Å². The van der Waals surface area contributed by atoms with Crippen LogP contribution in [0.15, 0.2) is 18.3 Å². The fourth-order valence-electron chi connectivity index (χ4n) is 2.13. The van der Waals surface area contributed by atoms with Gasteiger partial charge in [-0.05, 0) is 37.9 Å². The van der Waals surface area contributed by atoms with Crippen LogP contribution in [-0.2, 0) is 10.0 Å². The molecule has 2 rings (SSSR count). The van der Waals surface area contributed by atoms with Crippen LogP contribution in [0.2, 0.25) is 5.02 Å². The quantitative estimate of drug-likeness (QED) is 0.873. The van der Waals surface area contributed by atoms with Crippen molar-refractivity contribution < 1.29 is 8.42 Å². The molecule has 0 amide bonds. The predicted molar refractivity (Wildman–Crippen MR) is 76.9 cm³/mol. The van der Waals surface area contributed by atoms with Crippen LogP contribution < -0.4 is 10.0 Å². The second-order valence-electron chi connectivity index (χ2n) is 4.69. The molecule has 0 aromatic carbocycles. The van der Waals surface area contributed by atoms with Crippen LogP contribution in [0.5, 0.6) is 0 Å². The normalized spacial score (nSPS) is 20.2. The molecule has 0 bridgehead atoms. The van der Waals surface area contributed by atoms with Gasteiger partial charge in [0.2, 0.25) is 10.0 Å². The number of hydrogen-bond donors (Lipinski definition) is 2. The van der Waals surface area contributed by atoms with Gasteiger partial charge in [-0.1, -0.05) is 18.0 Å². The fourth-order valence-corrected chi connectivity index (χ4v) is 3.51. The minimum absolute atomic E-state index is 0.0809. The number of hydrogen-bond acceptors (Lipinski definition) is 4. The van der Waals surface area contributed by atoms with Gasteiger partial charge < -0.3 is 5.32 Å². The standard InChI is InChI=1S/C12H18ClN3O2S/c13-11-5-3-8-15-12(11)16-19(17,18)9-6-10-4-1-2-7-14-10/h3,5,8,10,14H,1-2,4,6-7,9H2,(H,15,16). The second-order valence-corrected chi connectivity index (χ2v) is 6.94. The molecule has 0 saturated carbocycles. The summed E-state index contributed by atoms with van der Waals surface area (Å²) in [4.78, 5) is 3.92. The van der Waals surface area contributed by atoms with Gasteiger partial charge in [0.15, 0.2) is 5.82 Å². The smallest absolute Gasteiger partial charge is 0.233 e. The van der Waals surface area contributed by atoms with E-state index in [2.05, 4.69) is 15.0 Å². The van der Waals surface area contributed by atoms with E-state index in [0.29, 0.717) is 17.5 Å². The first-order valence-electron chi connectivity index (χ1n) is 6.41. The largest absolute Gasteiger partial charge is 0.314 e. The summed E-state index contributed by atoms with van der Waals surface area (Å²) in [6.07, 6.45) is 5.49. The fraction of sp³-hybridized carbons (Fsp3) is 0.583. The van der Waals surface area contributed by atoms with Crippen molar-refractivity contribution in [1.82, 2.24) is 10.3 Å². The summed E-state index contributed by atoms with van der Waals surface area (Å²) in [7, 11) is -3.39. The van der Waals surface area contributed by atoms with Gasteiger partial charge in [0.05, 0.1) is 10.8 Å². The van der Waals surface area contributed by atoms with Gasteiger partial charge in [0.1, 0.15) is 0 Å². The van der Waals surface area contributed by atoms with Gasteiger partial charge in [0.25, 0.3) is 0 Å². The third kappa shape index (κ3) is 4.63. The third-order valence-corrected chi connectivity index (χ3v) is 4.74. The molecule has 1 saturated heterocycles. The number of sulfonamides is 1. The van der Waals surface area contributed by atoms with E-state index in [0.717, 1.165) is 19.4 Å². The van der Waals surface area contributed by atoms with Crippen molar-refractivity contribution in [2.75, 3.05) is 17.0 Å². The number of nitrogens with zero attached hydrogens (tertiary/aromatic N) is 1. The first-order valence-corrected chi connectivity index (χ1v) is 8.44. The zero-order valence-corrected chi connectivity index (χ0v) is 12.2. The van der Waals surface area contributed by atoms with E-state index >= 15 is 0 Å². The average molecular weight is 304 g/mol. The highest BCUT2D eigenvalue weighted by atomic mass is 35.5. The number of anilines is 1. The number of pyridine rings is 1. The molecule has 0 aliphatic carbocycles. The molecule has 5 nitrogen and oxygen atoms in total. The van der Waals surface area contributed by atoms with Gasteiger partial charge in [0, 0.05) is 12.2 Å². The molecule has 2 heterocycles. The summed E-state index contributed by atoms with van der Waals surface area (Å²) in [5, 5.41) is 3.64. The van der Waals surface area contributed by atoms with Crippen molar-refractivity contribution in [2.45, 2.75) is 31.7 Å². The summed E-state index contributed by atoms with van der Waals surface area (Å²) in [5.74, 6) is 0.276. The van der Waals surface area contributed by atoms with Crippen molar-refractivity contribution in [3.05, 3.63) is 23.4 Å². The SMILES string of the molecule is O=S(=O)(CCC1CCCCN1)Nc1ncccc1Cl. The minimum Gasteiger partial charge on any atom is -0.314 e. The van der Waals surface area contributed by atoms with Crippen LogP contribution in [0.1, 0.15) is 25.7 Å². The maximum Gasteiger partial charge on any atom is 0.233 e. The Balaban J connectivity index is 1.90. The molecule has 0 spiro atoms. The zero-order valence-electron chi connectivity index (χ0n) is 10.6. The van der Waals surface area contributed by atoms with E-state index in [-0.39, 0.29) is 11.6 Å². The van der Waals surface area contributed by atoms with Crippen molar-refractivity contribution in [3.63, 3.8) is 0 Å². The molecular weight excluding hydrogens is 286 g/mol. The predicted octanol–water partition coefficient (Wildman–Crippen LogP) is 2.01. The average Bonchev–Trinajstić information content (AvgIpc) is 2.40. The Kier molecular flexibility index (Phi) is 5.01. The van der Waals surface area contributed by atoms with E-state index in [1.165, 1.54) is 12.6 Å². The summed E-state index contributed by atoms with van der Waals surface area (Å²) in [5.41, 5.74) is 0. The van der Waals surface area contributed by atoms with Crippen molar-refractivity contribution in [1.29, 1.82) is 0 Å². The Bertz CT molecular complexity index is 515. The summed E-state index contributed by atoms with van der Waals surface area (Å²) >= 11 is 5.88. The summed E-state index contributed by atoms with van der Waals surface area (Å²) < 4.78 is 26.3. The van der Waals surface area contributed by atoms with Crippen LogP contribution >= 0.6 is 11.6 Å². The summed E-state index contributed by atoms with van der Waals surface area (Å²) in [6, 6.07) is 3.56. The molecule has 1 aliphatic heterocycles. The summed E-state index contributed by atoms with van der Waals surface area (Å²) in [6.45, 7) is 0.976. The number of halogens is 1. The Morgan fingerprint density at radius 3 is 3.00 bits per heavy atom. The van der Waals surface area contributed by atoms with Gasteiger partial charge in [-0.15, -0.1) is 0 Å². The molecule has 1 atom stereocenters. The molecule has 2 N–H and O–H groups in total. The molecule has 19 heavy (non-hydrogen) atoms. The van der Waals surface area contributed by atoms with Gasteiger partial charge in [-0.25, -0.2) is 13.4 Å². The molecule has 1 aliphatic rings. The first-order chi connectivity index (χ1) is 9.07. The van der Waals surface area contributed by atoms with Crippen LogP contribution in [0, 0.1) is 0 Å². The van der Waals surface area contributed by atoms with Crippen molar-refractivity contribution >= 4 is 27.4 Å². The lowest BCUT2D eigenvalue weighted by atomic mass is 10.0. The van der Waals surface area contributed by atoms with Crippen LogP contribution in [0.3, 0.4) is 0 Å². The zero-order chi connectivity index (χ0) is 13.7. The Hall–Kier alpha value is -0.850. The highest BCUT2D eigenvalue weighted by molar-refractivity contribution is 7.92. The highest BCUT2D eigenvalue weighted by Crippen LogP contribution is 2.19. The minimum atomic E-state index is -3.39. The number of nitrogens with one attached hydrogen (secondary N) is 2. The van der Waals surface area contributed by atoms with Crippen LogP contribution in [0.4, 0.5) is 5.82 Å². The van der Waals surface area contributed by atoms with Crippen LogP contribution in [-0.4, -0.2) is 31.7 Å². The lowest BCUT2D eigenvalue weighted by Gasteiger charge is -2.23. The number of aromatic nitrogens is 1. The monoisotopic (exact) mass is 303 g/mol. The van der Waals surface area contributed by atoms with Gasteiger partial charge >= 0.3 is 0 Å². The molecular formula is C12H18ClN3O2S. The van der Waals surface area contributed by atoms with Crippen molar-refractivity contribution in [3.8, 4) is 0 Å². The Labute approximate surface area is 118 Å². The van der Waals surface area contributed by atoms with Crippen LogP contribution in [0.25, 0.3) is 0 Å². The highest BCUT2D eigenvalue weighted by Gasteiger charge is 2.18. The molecule has 7 heteroatoms. The molecule has 0 radical (unpaired) electrons. The molecule has 1 aromatic heterocycles. The van der Waals surface area contributed by atoms with Gasteiger partial charge in [-0.2, -0.15) is 0 Å². The van der Waals surface area contributed by atoms with E-state index < -0.39 is 10.0 Å².